The summed E-state index contributed by atoms with van der Waals surface area (Å²) in [5, 5.41) is 0. The summed E-state index contributed by atoms with van der Waals surface area (Å²) in [6.07, 6.45) is 4.53. The number of hydrogen-bond acceptors (Lipinski definition) is 3. The number of rotatable bonds is 2. The Kier molecular flexibility index (Phi) is 3.51. The van der Waals surface area contributed by atoms with Crippen molar-refractivity contribution in [3.8, 4) is 0 Å². The van der Waals surface area contributed by atoms with Crippen LogP contribution < -0.4 is 4.90 Å². The normalized spacial score (nSPS) is 24.1. The van der Waals surface area contributed by atoms with E-state index in [-0.39, 0.29) is 5.82 Å². The second-order valence-corrected chi connectivity index (χ2v) is 5.49. The molecule has 2 aliphatic heterocycles. The third-order valence-corrected chi connectivity index (χ3v) is 4.24. The second-order valence-electron chi connectivity index (χ2n) is 5.49. The summed E-state index contributed by atoms with van der Waals surface area (Å²) in [7, 11) is 0. The first-order valence-electron chi connectivity index (χ1n) is 7.01. The Morgan fingerprint density at radius 2 is 2.05 bits per heavy atom. The van der Waals surface area contributed by atoms with Crippen molar-refractivity contribution in [1.29, 1.82) is 0 Å². The molecular weight excluding hydrogens is 243 g/mol. The molecule has 3 nitrogen and oxygen atoms in total. The van der Waals surface area contributed by atoms with E-state index in [2.05, 4.69) is 9.80 Å². The average molecular weight is 262 g/mol. The highest BCUT2D eigenvalue weighted by Gasteiger charge is 2.29. The van der Waals surface area contributed by atoms with Gasteiger partial charge in [-0.1, -0.05) is 6.42 Å². The summed E-state index contributed by atoms with van der Waals surface area (Å²) in [6.45, 7) is 4.10. The van der Waals surface area contributed by atoms with Crippen LogP contribution in [-0.2, 0) is 0 Å². The molecule has 102 valence electrons. The zero-order valence-corrected chi connectivity index (χ0v) is 11.0. The number of piperazine rings is 1. The monoisotopic (exact) mass is 262 g/mol. The molecule has 0 amide bonds. The molecule has 1 aromatic rings. The lowest BCUT2D eigenvalue weighted by Gasteiger charge is -2.45. The molecule has 0 aromatic heterocycles. The van der Waals surface area contributed by atoms with Crippen molar-refractivity contribution < 1.29 is 9.18 Å². The first kappa shape index (κ1) is 12.6. The summed E-state index contributed by atoms with van der Waals surface area (Å²) in [5.74, 6) is -0.328. The Morgan fingerprint density at radius 3 is 2.89 bits per heavy atom. The maximum Gasteiger partial charge on any atom is 0.150 e. The van der Waals surface area contributed by atoms with Crippen LogP contribution in [0.2, 0.25) is 0 Å². The molecule has 4 heteroatoms. The lowest BCUT2D eigenvalue weighted by molar-refractivity contribution is 0.112. The van der Waals surface area contributed by atoms with Gasteiger partial charge < -0.3 is 4.90 Å². The first-order valence-corrected chi connectivity index (χ1v) is 7.01. The highest BCUT2D eigenvalue weighted by molar-refractivity contribution is 5.77. The number of halogens is 1. The number of piperidine rings is 1. The quantitative estimate of drug-likeness (QED) is 0.764. The number of carbonyl (C=O) groups excluding carboxylic acids is 1. The van der Waals surface area contributed by atoms with E-state index in [1.165, 1.54) is 37.9 Å². The van der Waals surface area contributed by atoms with E-state index in [1.807, 2.05) is 0 Å². The number of aldehydes is 1. The zero-order chi connectivity index (χ0) is 13.2. The lowest BCUT2D eigenvalue weighted by Crippen LogP contribution is -2.54. The van der Waals surface area contributed by atoms with Crippen LogP contribution in [0.1, 0.15) is 29.6 Å². The fourth-order valence-electron chi connectivity index (χ4n) is 3.24. The number of hydrogen-bond donors (Lipinski definition) is 0. The molecule has 3 rings (SSSR count). The van der Waals surface area contributed by atoms with Gasteiger partial charge in [-0.05, 0) is 37.6 Å². The van der Waals surface area contributed by atoms with E-state index in [0.717, 1.165) is 25.3 Å². The van der Waals surface area contributed by atoms with Gasteiger partial charge in [-0.2, -0.15) is 0 Å². The summed E-state index contributed by atoms with van der Waals surface area (Å²) in [5.41, 5.74) is 1.26. The molecule has 0 radical (unpaired) electrons. The largest absolute Gasteiger partial charge is 0.369 e. The van der Waals surface area contributed by atoms with Gasteiger partial charge in [0.1, 0.15) is 12.1 Å². The highest BCUT2D eigenvalue weighted by Crippen LogP contribution is 2.26. The Labute approximate surface area is 113 Å². The second kappa shape index (κ2) is 5.29. The van der Waals surface area contributed by atoms with Crippen LogP contribution in [0.15, 0.2) is 18.2 Å². The van der Waals surface area contributed by atoms with Crippen molar-refractivity contribution in [2.75, 3.05) is 31.1 Å². The summed E-state index contributed by atoms with van der Waals surface area (Å²) in [4.78, 5) is 15.6. The van der Waals surface area contributed by atoms with E-state index in [9.17, 15) is 9.18 Å². The van der Waals surface area contributed by atoms with Gasteiger partial charge in [-0.25, -0.2) is 4.39 Å². The number of fused-ring (bicyclic) bond motifs is 1. The van der Waals surface area contributed by atoms with Gasteiger partial charge in [0.25, 0.3) is 0 Å². The van der Waals surface area contributed by atoms with Gasteiger partial charge in [0.15, 0.2) is 0 Å². The van der Waals surface area contributed by atoms with Crippen LogP contribution in [0, 0.1) is 5.82 Å². The molecule has 0 spiro atoms. The summed E-state index contributed by atoms with van der Waals surface area (Å²) >= 11 is 0. The van der Waals surface area contributed by atoms with E-state index < -0.39 is 0 Å². The summed E-state index contributed by atoms with van der Waals surface area (Å²) < 4.78 is 13.5. The van der Waals surface area contributed by atoms with E-state index in [0.29, 0.717) is 17.9 Å². The number of nitrogens with zero attached hydrogens (tertiary/aromatic N) is 2. The Balaban J connectivity index is 1.79. The van der Waals surface area contributed by atoms with Crippen molar-refractivity contribution in [1.82, 2.24) is 4.90 Å². The molecule has 0 N–H and O–H groups in total. The maximum absolute atomic E-state index is 13.5. The molecule has 2 heterocycles. The molecule has 2 fully saturated rings. The summed E-state index contributed by atoms with van der Waals surface area (Å²) in [6, 6.07) is 5.19. The maximum atomic E-state index is 13.5. The number of carbonyl (C=O) groups is 1. The first-order chi connectivity index (χ1) is 9.26. The van der Waals surface area contributed by atoms with E-state index >= 15 is 0 Å². The molecule has 2 aliphatic rings. The van der Waals surface area contributed by atoms with Gasteiger partial charge in [0.05, 0.1) is 0 Å². The van der Waals surface area contributed by atoms with Crippen LogP contribution in [0.5, 0.6) is 0 Å². The van der Waals surface area contributed by atoms with Crippen molar-refractivity contribution in [3.63, 3.8) is 0 Å². The van der Waals surface area contributed by atoms with Crippen LogP contribution in [0.3, 0.4) is 0 Å². The Bertz CT molecular complexity index is 477. The molecule has 0 saturated carbocycles. The highest BCUT2D eigenvalue weighted by atomic mass is 19.1. The van der Waals surface area contributed by atoms with Crippen LogP contribution in [-0.4, -0.2) is 43.4 Å². The van der Waals surface area contributed by atoms with Crippen LogP contribution in [0.4, 0.5) is 10.1 Å². The molecule has 1 unspecified atom stereocenters. The minimum atomic E-state index is -0.328. The third kappa shape index (κ3) is 2.63. The fraction of sp³-hybridized carbons (Fsp3) is 0.533. The van der Waals surface area contributed by atoms with E-state index in [4.69, 9.17) is 0 Å². The van der Waals surface area contributed by atoms with Crippen molar-refractivity contribution in [2.24, 2.45) is 0 Å². The smallest absolute Gasteiger partial charge is 0.150 e. The third-order valence-electron chi connectivity index (χ3n) is 4.24. The molecule has 0 bridgehead atoms. The molecule has 19 heavy (non-hydrogen) atoms. The standard InChI is InChI=1S/C15H19FN2O/c16-13-7-12(11-19)8-15(9-13)18-6-5-17-4-2-1-3-14(17)10-18/h7-9,11,14H,1-6,10H2. The fourth-order valence-corrected chi connectivity index (χ4v) is 3.24. The van der Waals surface area contributed by atoms with Crippen LogP contribution in [0.25, 0.3) is 0 Å². The van der Waals surface area contributed by atoms with Crippen LogP contribution >= 0.6 is 0 Å². The van der Waals surface area contributed by atoms with Gasteiger partial charge >= 0.3 is 0 Å². The molecule has 2 saturated heterocycles. The minimum absolute atomic E-state index is 0.328. The van der Waals surface area contributed by atoms with E-state index in [1.54, 1.807) is 6.07 Å². The van der Waals surface area contributed by atoms with Gasteiger partial charge in [0, 0.05) is 36.9 Å². The molecular formula is C15H19FN2O. The van der Waals surface area contributed by atoms with Crippen molar-refractivity contribution >= 4 is 12.0 Å². The molecule has 1 aromatic carbocycles. The predicted octanol–water partition coefficient (Wildman–Crippen LogP) is 2.31. The van der Waals surface area contributed by atoms with Gasteiger partial charge in [-0.3, -0.25) is 9.69 Å². The Hall–Kier alpha value is -1.42. The van der Waals surface area contributed by atoms with Gasteiger partial charge in [0.2, 0.25) is 0 Å². The topological polar surface area (TPSA) is 23.6 Å². The SMILES string of the molecule is O=Cc1cc(F)cc(N2CCN3CCCCC3C2)c1. The number of benzene rings is 1. The lowest BCUT2D eigenvalue weighted by atomic mass is 9.99. The Morgan fingerprint density at radius 1 is 1.16 bits per heavy atom. The molecule has 1 atom stereocenters. The molecule has 0 aliphatic carbocycles. The van der Waals surface area contributed by atoms with Crippen molar-refractivity contribution in [3.05, 3.63) is 29.6 Å². The zero-order valence-electron chi connectivity index (χ0n) is 11.0. The number of anilines is 1. The van der Waals surface area contributed by atoms with Gasteiger partial charge in [-0.15, -0.1) is 0 Å². The predicted molar refractivity (Wildman–Crippen MR) is 73.2 cm³/mol. The van der Waals surface area contributed by atoms with Crippen molar-refractivity contribution in [2.45, 2.75) is 25.3 Å². The minimum Gasteiger partial charge on any atom is -0.369 e. The average Bonchev–Trinajstić information content (AvgIpc) is 2.46.